The second-order valence-electron chi connectivity index (χ2n) is 6.70. The molecule has 1 N–H and O–H groups in total. The molecule has 0 unspecified atom stereocenters. The Hall–Kier alpha value is -1.92. The van der Waals surface area contributed by atoms with Crippen molar-refractivity contribution in [3.8, 4) is 0 Å². The van der Waals surface area contributed by atoms with E-state index >= 15 is 0 Å². The van der Waals surface area contributed by atoms with Crippen LogP contribution in [0.1, 0.15) is 34.8 Å². The molecule has 1 aliphatic heterocycles. The highest BCUT2D eigenvalue weighted by Crippen LogP contribution is 2.30. The molecule has 2 aromatic rings. The van der Waals surface area contributed by atoms with Crippen molar-refractivity contribution in [3.05, 3.63) is 46.5 Å². The van der Waals surface area contributed by atoms with Crippen LogP contribution in [0.15, 0.2) is 30.3 Å². The summed E-state index contributed by atoms with van der Waals surface area (Å²) in [5.41, 5.74) is 0.997. The van der Waals surface area contributed by atoms with E-state index in [0.29, 0.717) is 30.2 Å². The van der Waals surface area contributed by atoms with Crippen LogP contribution in [0, 0.1) is 5.41 Å². The van der Waals surface area contributed by atoms with Gasteiger partial charge in [0.05, 0.1) is 17.7 Å². The van der Waals surface area contributed by atoms with E-state index in [2.05, 4.69) is 10.3 Å². The summed E-state index contributed by atoms with van der Waals surface area (Å²) in [7, 11) is 0. The minimum absolute atomic E-state index is 0.0218. The molecule has 1 aromatic heterocycles. The molecule has 1 aliphatic rings. The number of thiazole rings is 1. The average molecular weight is 378 g/mol. The molecular weight excluding hydrogens is 358 g/mol. The fourth-order valence-corrected chi connectivity index (χ4v) is 3.65. The standard InChI is InChI=1S/C18H20ClN3O2S/c1-18(2,11-19)16(24)21-17-20-13-8-9-22(10-14(13)25-17)15(23)12-6-4-3-5-7-12/h3-7H,8-11H2,1-2H3,(H,20,21,24). The van der Waals surface area contributed by atoms with Crippen LogP contribution in [0.5, 0.6) is 0 Å². The van der Waals surface area contributed by atoms with Gasteiger partial charge in [-0.25, -0.2) is 4.98 Å². The van der Waals surface area contributed by atoms with Gasteiger partial charge in [0.2, 0.25) is 5.91 Å². The van der Waals surface area contributed by atoms with Crippen LogP contribution in [0.25, 0.3) is 0 Å². The first-order valence-corrected chi connectivity index (χ1v) is 9.46. The molecule has 0 atom stereocenters. The van der Waals surface area contributed by atoms with Gasteiger partial charge in [0.15, 0.2) is 5.13 Å². The van der Waals surface area contributed by atoms with E-state index in [1.807, 2.05) is 35.2 Å². The maximum Gasteiger partial charge on any atom is 0.254 e. The predicted octanol–water partition coefficient (Wildman–Crippen LogP) is 3.55. The Labute approximate surface area is 156 Å². The molecule has 3 rings (SSSR count). The van der Waals surface area contributed by atoms with Gasteiger partial charge in [-0.15, -0.1) is 11.6 Å². The number of benzene rings is 1. The van der Waals surface area contributed by atoms with Gasteiger partial charge in [-0.3, -0.25) is 9.59 Å². The van der Waals surface area contributed by atoms with Gasteiger partial charge in [0, 0.05) is 29.3 Å². The molecule has 0 bridgehead atoms. The lowest BCUT2D eigenvalue weighted by Gasteiger charge is -2.26. The number of carbonyl (C=O) groups is 2. The quantitative estimate of drug-likeness (QED) is 0.829. The van der Waals surface area contributed by atoms with Crippen molar-refractivity contribution >= 4 is 39.9 Å². The summed E-state index contributed by atoms with van der Waals surface area (Å²) in [6.07, 6.45) is 0.694. The number of hydrogen-bond donors (Lipinski definition) is 1. The molecule has 0 saturated carbocycles. The first-order valence-electron chi connectivity index (χ1n) is 8.11. The maximum atomic E-state index is 12.6. The van der Waals surface area contributed by atoms with E-state index < -0.39 is 5.41 Å². The lowest BCUT2D eigenvalue weighted by molar-refractivity contribution is -0.122. The minimum Gasteiger partial charge on any atom is -0.333 e. The van der Waals surface area contributed by atoms with E-state index in [-0.39, 0.29) is 17.7 Å². The van der Waals surface area contributed by atoms with Gasteiger partial charge in [-0.05, 0) is 26.0 Å². The third kappa shape index (κ3) is 3.85. The van der Waals surface area contributed by atoms with Crippen LogP contribution >= 0.6 is 22.9 Å². The lowest BCUT2D eigenvalue weighted by Crippen LogP contribution is -2.35. The Bertz CT molecular complexity index is 789. The zero-order valence-electron chi connectivity index (χ0n) is 14.2. The molecule has 0 fully saturated rings. The third-order valence-electron chi connectivity index (χ3n) is 4.21. The van der Waals surface area contributed by atoms with Gasteiger partial charge in [0.25, 0.3) is 5.91 Å². The number of fused-ring (bicyclic) bond motifs is 1. The van der Waals surface area contributed by atoms with Crippen molar-refractivity contribution in [3.63, 3.8) is 0 Å². The predicted molar refractivity (Wildman–Crippen MR) is 100 cm³/mol. The summed E-state index contributed by atoms with van der Waals surface area (Å²) in [5.74, 6) is 0.114. The number of nitrogens with zero attached hydrogens (tertiary/aromatic N) is 2. The van der Waals surface area contributed by atoms with E-state index in [1.54, 1.807) is 13.8 Å². The van der Waals surface area contributed by atoms with Crippen LogP contribution in [-0.2, 0) is 17.8 Å². The Morgan fingerprint density at radius 2 is 2.04 bits per heavy atom. The van der Waals surface area contributed by atoms with Crippen molar-refractivity contribution in [2.75, 3.05) is 17.7 Å². The molecule has 7 heteroatoms. The van der Waals surface area contributed by atoms with Crippen molar-refractivity contribution in [1.29, 1.82) is 0 Å². The topological polar surface area (TPSA) is 62.3 Å². The second kappa shape index (κ2) is 7.14. The Balaban J connectivity index is 1.71. The summed E-state index contributed by atoms with van der Waals surface area (Å²) in [6, 6.07) is 9.27. The van der Waals surface area contributed by atoms with Gasteiger partial charge < -0.3 is 10.2 Å². The smallest absolute Gasteiger partial charge is 0.254 e. The zero-order valence-corrected chi connectivity index (χ0v) is 15.8. The summed E-state index contributed by atoms with van der Waals surface area (Å²) in [5, 5.41) is 3.42. The molecule has 0 aliphatic carbocycles. The number of nitrogens with one attached hydrogen (secondary N) is 1. The number of hydrogen-bond acceptors (Lipinski definition) is 4. The highest BCUT2D eigenvalue weighted by atomic mass is 35.5. The van der Waals surface area contributed by atoms with Crippen molar-refractivity contribution < 1.29 is 9.59 Å². The summed E-state index contributed by atoms with van der Waals surface area (Å²) in [6.45, 7) is 4.74. The van der Waals surface area contributed by atoms with Crippen LogP contribution < -0.4 is 5.32 Å². The van der Waals surface area contributed by atoms with Gasteiger partial charge in [0.1, 0.15) is 0 Å². The van der Waals surface area contributed by atoms with E-state index in [9.17, 15) is 9.59 Å². The van der Waals surface area contributed by atoms with Crippen molar-refractivity contribution in [2.45, 2.75) is 26.8 Å². The SMILES string of the molecule is CC(C)(CCl)C(=O)Nc1nc2c(s1)CN(C(=O)c1ccccc1)CC2. The molecule has 0 spiro atoms. The van der Waals surface area contributed by atoms with Crippen LogP contribution in [0.4, 0.5) is 5.13 Å². The van der Waals surface area contributed by atoms with Crippen molar-refractivity contribution in [1.82, 2.24) is 9.88 Å². The van der Waals surface area contributed by atoms with Crippen LogP contribution in [0.2, 0.25) is 0 Å². The molecular formula is C18H20ClN3O2S. The number of alkyl halides is 1. The number of rotatable bonds is 4. The van der Waals surface area contributed by atoms with E-state index in [0.717, 1.165) is 10.6 Å². The summed E-state index contributed by atoms with van der Waals surface area (Å²) in [4.78, 5) is 32.2. The normalized spacial score (nSPS) is 14.1. The molecule has 0 saturated heterocycles. The Morgan fingerprint density at radius 3 is 2.72 bits per heavy atom. The van der Waals surface area contributed by atoms with Gasteiger partial charge in [-0.2, -0.15) is 0 Å². The van der Waals surface area contributed by atoms with Gasteiger partial charge >= 0.3 is 0 Å². The fourth-order valence-electron chi connectivity index (χ4n) is 2.51. The van der Waals surface area contributed by atoms with E-state index in [4.69, 9.17) is 11.6 Å². The van der Waals surface area contributed by atoms with Crippen LogP contribution in [-0.4, -0.2) is 34.1 Å². The molecule has 2 heterocycles. The second-order valence-corrected chi connectivity index (χ2v) is 8.05. The first-order chi connectivity index (χ1) is 11.9. The molecule has 25 heavy (non-hydrogen) atoms. The third-order valence-corrected chi connectivity index (χ3v) is 5.87. The largest absolute Gasteiger partial charge is 0.333 e. The Kier molecular flexibility index (Phi) is 5.11. The number of aromatic nitrogens is 1. The monoisotopic (exact) mass is 377 g/mol. The van der Waals surface area contributed by atoms with E-state index in [1.165, 1.54) is 11.3 Å². The average Bonchev–Trinajstić information content (AvgIpc) is 3.03. The number of carbonyl (C=O) groups excluding carboxylic acids is 2. The molecule has 2 amide bonds. The van der Waals surface area contributed by atoms with Gasteiger partial charge in [-0.1, -0.05) is 29.5 Å². The summed E-state index contributed by atoms with van der Waals surface area (Å²) < 4.78 is 0. The molecule has 5 nitrogen and oxygen atoms in total. The number of amides is 2. The summed E-state index contributed by atoms with van der Waals surface area (Å²) >= 11 is 7.27. The maximum absolute atomic E-state index is 12.6. The van der Waals surface area contributed by atoms with Crippen molar-refractivity contribution in [2.24, 2.45) is 5.41 Å². The Morgan fingerprint density at radius 1 is 1.32 bits per heavy atom. The molecule has 0 radical (unpaired) electrons. The molecule has 1 aromatic carbocycles. The fraction of sp³-hybridized carbons (Fsp3) is 0.389. The van der Waals surface area contributed by atoms with Crippen LogP contribution in [0.3, 0.4) is 0 Å². The minimum atomic E-state index is -0.650. The highest BCUT2D eigenvalue weighted by Gasteiger charge is 2.29. The number of halogens is 1. The number of anilines is 1. The lowest BCUT2D eigenvalue weighted by atomic mass is 9.95. The highest BCUT2D eigenvalue weighted by molar-refractivity contribution is 7.15. The first kappa shape index (κ1) is 17.9. The zero-order chi connectivity index (χ0) is 18.0. The molecule has 132 valence electrons.